The van der Waals surface area contributed by atoms with Gasteiger partial charge in [0, 0.05) is 17.8 Å². The van der Waals surface area contributed by atoms with Crippen LogP contribution in [-0.2, 0) is 0 Å². The number of aryl methyl sites for hydroxylation is 1. The predicted molar refractivity (Wildman–Crippen MR) is 129 cm³/mol. The molecule has 3 aromatic carbocycles. The maximum absolute atomic E-state index is 6.21. The second-order valence-electron chi connectivity index (χ2n) is 8.31. The maximum Gasteiger partial charge on any atom is 0.137 e. The van der Waals surface area contributed by atoms with Crippen molar-refractivity contribution in [2.75, 3.05) is 12.4 Å². The summed E-state index contributed by atoms with van der Waals surface area (Å²) in [7, 11) is 1.61. The third-order valence-corrected chi connectivity index (χ3v) is 6.60. The summed E-state index contributed by atoms with van der Waals surface area (Å²) in [5.74, 6) is 1.70. The Morgan fingerprint density at radius 1 is 1.06 bits per heavy atom. The summed E-state index contributed by atoms with van der Waals surface area (Å²) in [6.45, 7) is 2.17. The van der Waals surface area contributed by atoms with Crippen LogP contribution in [0.25, 0.3) is 0 Å². The first-order valence-electron chi connectivity index (χ1n) is 10.6. The quantitative estimate of drug-likeness (QED) is 0.351. The molecule has 1 aliphatic carbocycles. The van der Waals surface area contributed by atoms with Crippen LogP contribution in [0.4, 0.5) is 11.4 Å². The summed E-state index contributed by atoms with van der Waals surface area (Å²) >= 11 is 6.21. The van der Waals surface area contributed by atoms with Crippen LogP contribution in [-0.4, -0.2) is 13.3 Å². The molecule has 0 fully saturated rings. The van der Waals surface area contributed by atoms with Gasteiger partial charge in [-0.05, 0) is 72.4 Å². The lowest BCUT2D eigenvalue weighted by atomic mass is 9.76. The SMILES string of the molecule is COc1ccc(C=Nc2ccc([C@@H]3Nc4ccc(C)cc4[C@@H]4C=CC[C@@H]43)cc2)cc1Cl. The molecule has 0 amide bonds. The third kappa shape index (κ3) is 3.86. The van der Waals surface area contributed by atoms with Gasteiger partial charge in [-0.2, -0.15) is 0 Å². The summed E-state index contributed by atoms with van der Waals surface area (Å²) in [5, 5.41) is 4.38. The number of hydrogen-bond acceptors (Lipinski definition) is 3. The lowest BCUT2D eigenvalue weighted by Crippen LogP contribution is -2.29. The van der Waals surface area contributed by atoms with Gasteiger partial charge in [-0.15, -0.1) is 0 Å². The van der Waals surface area contributed by atoms with Gasteiger partial charge in [0.15, 0.2) is 0 Å². The van der Waals surface area contributed by atoms with Gasteiger partial charge in [-0.1, -0.05) is 53.6 Å². The van der Waals surface area contributed by atoms with Crippen LogP contribution >= 0.6 is 11.6 Å². The highest BCUT2D eigenvalue weighted by molar-refractivity contribution is 6.32. The molecular formula is C27H25ClN2O. The Labute approximate surface area is 188 Å². The zero-order valence-electron chi connectivity index (χ0n) is 17.7. The first-order valence-corrected chi connectivity index (χ1v) is 11.0. The number of ether oxygens (including phenoxy) is 1. The summed E-state index contributed by atoms with van der Waals surface area (Å²) in [6, 6.07) is 21.2. The molecule has 3 atom stereocenters. The molecule has 0 bridgehead atoms. The molecule has 4 heteroatoms. The lowest BCUT2D eigenvalue weighted by Gasteiger charge is -2.37. The van der Waals surface area contributed by atoms with Crippen LogP contribution in [0.2, 0.25) is 5.02 Å². The van der Waals surface area contributed by atoms with Crippen molar-refractivity contribution in [3.05, 3.63) is 100 Å². The topological polar surface area (TPSA) is 33.6 Å². The van der Waals surface area contributed by atoms with Crippen LogP contribution < -0.4 is 10.1 Å². The fourth-order valence-corrected chi connectivity index (χ4v) is 4.99. The first kappa shape index (κ1) is 19.9. The van der Waals surface area contributed by atoms with Gasteiger partial charge >= 0.3 is 0 Å². The molecule has 3 nitrogen and oxygen atoms in total. The van der Waals surface area contributed by atoms with E-state index in [0.717, 1.165) is 17.7 Å². The predicted octanol–water partition coefficient (Wildman–Crippen LogP) is 7.23. The van der Waals surface area contributed by atoms with Crippen molar-refractivity contribution < 1.29 is 4.74 Å². The van der Waals surface area contributed by atoms with Crippen molar-refractivity contribution in [2.45, 2.75) is 25.3 Å². The van der Waals surface area contributed by atoms with E-state index in [1.54, 1.807) is 7.11 Å². The molecule has 1 heterocycles. The van der Waals surface area contributed by atoms with Crippen LogP contribution in [0.5, 0.6) is 5.75 Å². The summed E-state index contributed by atoms with van der Waals surface area (Å²) in [5.41, 5.74) is 7.16. The Kier molecular flexibility index (Phi) is 5.29. The summed E-state index contributed by atoms with van der Waals surface area (Å²) in [4.78, 5) is 4.61. The Hall–Kier alpha value is -3.04. The van der Waals surface area contributed by atoms with Crippen LogP contribution in [0, 0.1) is 12.8 Å². The number of nitrogens with zero attached hydrogens (tertiary/aromatic N) is 1. The number of anilines is 1. The van der Waals surface area contributed by atoms with E-state index in [-0.39, 0.29) is 0 Å². The zero-order chi connectivity index (χ0) is 21.4. The van der Waals surface area contributed by atoms with E-state index >= 15 is 0 Å². The second-order valence-corrected chi connectivity index (χ2v) is 8.72. The van der Waals surface area contributed by atoms with Crippen LogP contribution in [0.1, 0.15) is 40.6 Å². The number of rotatable bonds is 4. The Morgan fingerprint density at radius 2 is 1.90 bits per heavy atom. The van der Waals surface area contributed by atoms with E-state index in [2.05, 4.69) is 71.8 Å². The highest BCUT2D eigenvalue weighted by Crippen LogP contribution is 2.50. The standard InChI is InChI=1S/C27H25ClN2O/c1-17-6-12-25-23(14-17)21-4-3-5-22(21)27(30-25)19-8-10-20(11-9-19)29-16-18-7-13-26(31-2)24(28)15-18/h3-4,6-16,21-22,27,30H,5H2,1-2H3/t21-,22+,27+/m1/s1. The molecule has 0 saturated carbocycles. The van der Waals surface area contributed by atoms with E-state index < -0.39 is 0 Å². The van der Waals surface area contributed by atoms with Crippen molar-refractivity contribution in [3.63, 3.8) is 0 Å². The number of halogens is 1. The summed E-state index contributed by atoms with van der Waals surface area (Å²) < 4.78 is 5.20. The van der Waals surface area contributed by atoms with Crippen molar-refractivity contribution in [2.24, 2.45) is 10.9 Å². The van der Waals surface area contributed by atoms with E-state index in [9.17, 15) is 0 Å². The maximum atomic E-state index is 6.21. The molecule has 0 radical (unpaired) electrons. The number of methoxy groups -OCH3 is 1. The smallest absolute Gasteiger partial charge is 0.137 e. The van der Waals surface area contributed by atoms with Gasteiger partial charge in [0.1, 0.15) is 5.75 Å². The fraction of sp³-hybridized carbons (Fsp3) is 0.222. The molecule has 0 saturated heterocycles. The Balaban J connectivity index is 1.36. The Bertz CT molecular complexity index is 1170. The van der Waals surface area contributed by atoms with E-state index in [4.69, 9.17) is 16.3 Å². The average Bonchev–Trinajstić information content (AvgIpc) is 3.28. The number of allylic oxidation sites excluding steroid dienone is 2. The fourth-order valence-electron chi connectivity index (χ4n) is 4.72. The minimum Gasteiger partial charge on any atom is -0.495 e. The molecule has 0 unspecified atom stereocenters. The molecule has 1 N–H and O–H groups in total. The highest BCUT2D eigenvalue weighted by atomic mass is 35.5. The third-order valence-electron chi connectivity index (χ3n) is 6.31. The van der Waals surface area contributed by atoms with Crippen molar-refractivity contribution >= 4 is 29.2 Å². The van der Waals surface area contributed by atoms with Gasteiger partial charge < -0.3 is 10.1 Å². The molecule has 3 aromatic rings. The molecule has 0 spiro atoms. The number of aliphatic imine (C=N–C) groups is 1. The molecule has 5 rings (SSSR count). The molecule has 0 aromatic heterocycles. The van der Waals surface area contributed by atoms with Crippen LogP contribution in [0.15, 0.2) is 77.8 Å². The normalized spacial score (nSPS) is 21.6. The van der Waals surface area contributed by atoms with Crippen molar-refractivity contribution in [3.8, 4) is 5.75 Å². The minimum atomic E-state index is 0.300. The monoisotopic (exact) mass is 428 g/mol. The van der Waals surface area contributed by atoms with Gasteiger partial charge in [0.05, 0.1) is 23.9 Å². The summed E-state index contributed by atoms with van der Waals surface area (Å²) in [6.07, 6.45) is 7.65. The van der Waals surface area contributed by atoms with Gasteiger partial charge in [-0.3, -0.25) is 4.99 Å². The molecule has 156 valence electrons. The number of benzene rings is 3. The van der Waals surface area contributed by atoms with Crippen LogP contribution in [0.3, 0.4) is 0 Å². The lowest BCUT2D eigenvalue weighted by molar-refractivity contribution is 0.415. The average molecular weight is 429 g/mol. The van der Waals surface area contributed by atoms with E-state index in [0.29, 0.717) is 28.6 Å². The van der Waals surface area contributed by atoms with Gasteiger partial charge in [-0.25, -0.2) is 0 Å². The Morgan fingerprint density at radius 3 is 2.68 bits per heavy atom. The van der Waals surface area contributed by atoms with Crippen molar-refractivity contribution in [1.29, 1.82) is 0 Å². The molecule has 2 aliphatic rings. The number of hydrogen-bond donors (Lipinski definition) is 1. The minimum absolute atomic E-state index is 0.300. The van der Waals surface area contributed by atoms with Crippen molar-refractivity contribution in [1.82, 2.24) is 0 Å². The molecular weight excluding hydrogens is 404 g/mol. The highest BCUT2D eigenvalue weighted by Gasteiger charge is 2.37. The van der Waals surface area contributed by atoms with E-state index in [1.165, 1.54) is 22.4 Å². The first-order chi connectivity index (χ1) is 15.1. The molecule has 1 aliphatic heterocycles. The largest absolute Gasteiger partial charge is 0.495 e. The van der Waals surface area contributed by atoms with E-state index in [1.807, 2.05) is 24.4 Å². The van der Waals surface area contributed by atoms with Gasteiger partial charge in [0.2, 0.25) is 0 Å². The molecule has 31 heavy (non-hydrogen) atoms. The van der Waals surface area contributed by atoms with Gasteiger partial charge in [0.25, 0.3) is 0 Å². The zero-order valence-corrected chi connectivity index (χ0v) is 18.4. The number of nitrogens with one attached hydrogen (secondary N) is 1. The number of fused-ring (bicyclic) bond motifs is 3. The second kappa shape index (κ2) is 8.24.